The number of fused-ring (bicyclic) bond motifs is 1. The number of pyridine rings is 1. The normalized spacial score (nSPS) is 14.0. The first-order valence-corrected chi connectivity index (χ1v) is 9.77. The Balaban J connectivity index is 1.39. The first-order chi connectivity index (χ1) is 13.5. The Kier molecular flexibility index (Phi) is 4.91. The van der Waals surface area contributed by atoms with Gasteiger partial charge in [0.1, 0.15) is 12.3 Å². The summed E-state index contributed by atoms with van der Waals surface area (Å²) in [6.45, 7) is 2.48. The first-order valence-electron chi connectivity index (χ1n) is 8.89. The molecule has 0 bridgehead atoms. The van der Waals surface area contributed by atoms with Crippen molar-refractivity contribution >= 4 is 34.0 Å². The van der Waals surface area contributed by atoms with Gasteiger partial charge in [0.25, 0.3) is 5.56 Å². The minimum atomic E-state index is -0.462. The number of carbonyl (C=O) groups is 2. The number of ether oxygens (including phenoxy) is 1. The zero-order valence-electron chi connectivity index (χ0n) is 15.3. The number of carbonyl (C=O) groups excluding carboxylic acids is 2. The van der Waals surface area contributed by atoms with Gasteiger partial charge in [-0.3, -0.25) is 23.7 Å². The maximum Gasteiger partial charge on any atom is 0.312 e. The van der Waals surface area contributed by atoms with Crippen LogP contribution in [0.15, 0.2) is 34.6 Å². The van der Waals surface area contributed by atoms with E-state index in [0.29, 0.717) is 35.1 Å². The third-order valence-corrected chi connectivity index (χ3v) is 5.32. The summed E-state index contributed by atoms with van der Waals surface area (Å²) in [6, 6.07) is 4.97. The quantitative estimate of drug-likeness (QED) is 0.609. The molecule has 0 saturated carbocycles. The molecule has 0 unspecified atom stereocenters. The predicted octanol–water partition coefficient (Wildman–Crippen LogP) is 1.87. The Bertz CT molecular complexity index is 1120. The molecule has 0 N–H and O–H groups in total. The van der Waals surface area contributed by atoms with Crippen molar-refractivity contribution in [3.8, 4) is 0 Å². The molecular formula is C19H18N4O4S. The van der Waals surface area contributed by atoms with Crippen LogP contribution in [0.2, 0.25) is 0 Å². The van der Waals surface area contributed by atoms with Crippen LogP contribution in [0, 0.1) is 6.92 Å². The minimum Gasteiger partial charge on any atom is -0.459 e. The van der Waals surface area contributed by atoms with Gasteiger partial charge in [-0.15, -0.1) is 11.3 Å². The Morgan fingerprint density at radius 3 is 2.89 bits per heavy atom. The largest absolute Gasteiger partial charge is 0.459 e. The van der Waals surface area contributed by atoms with E-state index in [1.54, 1.807) is 22.5 Å². The van der Waals surface area contributed by atoms with E-state index >= 15 is 0 Å². The van der Waals surface area contributed by atoms with Crippen LogP contribution in [0.1, 0.15) is 29.8 Å². The lowest BCUT2D eigenvalue weighted by molar-refractivity contribution is -0.144. The summed E-state index contributed by atoms with van der Waals surface area (Å²) in [7, 11) is 0. The standard InChI is InChI=1S/C19H18N4O4S/c1-12-4-5-15-20-13(7-17(25)23(15)9-12)10-27-18(26)8-14-11-28-19(21-14)22-6-2-3-16(22)24/h4-5,7,9,11H,2-3,6,8,10H2,1H3. The maximum atomic E-state index is 12.2. The van der Waals surface area contributed by atoms with Crippen molar-refractivity contribution in [1.29, 1.82) is 0 Å². The number of esters is 1. The molecule has 144 valence electrons. The molecule has 0 spiro atoms. The van der Waals surface area contributed by atoms with Crippen molar-refractivity contribution in [2.75, 3.05) is 11.4 Å². The predicted molar refractivity (Wildman–Crippen MR) is 103 cm³/mol. The number of anilines is 1. The van der Waals surface area contributed by atoms with Crippen LogP contribution in [0.25, 0.3) is 5.65 Å². The van der Waals surface area contributed by atoms with Crippen molar-refractivity contribution < 1.29 is 14.3 Å². The molecule has 3 aromatic heterocycles. The van der Waals surface area contributed by atoms with Gasteiger partial charge in [0, 0.05) is 30.6 Å². The van der Waals surface area contributed by atoms with E-state index in [4.69, 9.17) is 4.74 Å². The molecule has 0 aromatic carbocycles. The molecule has 1 aliphatic rings. The summed E-state index contributed by atoms with van der Waals surface area (Å²) in [4.78, 5) is 46.4. The number of amides is 1. The van der Waals surface area contributed by atoms with Crippen molar-refractivity contribution in [2.45, 2.75) is 32.8 Å². The summed E-state index contributed by atoms with van der Waals surface area (Å²) >= 11 is 1.34. The zero-order chi connectivity index (χ0) is 19.7. The van der Waals surface area contributed by atoms with E-state index < -0.39 is 5.97 Å². The second kappa shape index (κ2) is 7.51. The summed E-state index contributed by atoms with van der Waals surface area (Å²) in [6.07, 6.45) is 3.08. The van der Waals surface area contributed by atoms with E-state index in [0.717, 1.165) is 12.0 Å². The van der Waals surface area contributed by atoms with Gasteiger partial charge in [-0.1, -0.05) is 6.07 Å². The second-order valence-electron chi connectivity index (χ2n) is 6.63. The van der Waals surface area contributed by atoms with Crippen molar-refractivity contribution in [2.24, 2.45) is 0 Å². The van der Waals surface area contributed by atoms with E-state index in [9.17, 15) is 14.4 Å². The van der Waals surface area contributed by atoms with Gasteiger partial charge in [0.2, 0.25) is 5.91 Å². The molecule has 9 heteroatoms. The molecule has 8 nitrogen and oxygen atoms in total. The van der Waals surface area contributed by atoms with Crippen molar-refractivity contribution in [3.63, 3.8) is 0 Å². The molecule has 1 fully saturated rings. The van der Waals surface area contributed by atoms with Gasteiger partial charge >= 0.3 is 5.97 Å². The average Bonchev–Trinajstić information content (AvgIpc) is 3.29. The fraction of sp³-hybridized carbons (Fsp3) is 0.316. The van der Waals surface area contributed by atoms with Crippen molar-refractivity contribution in [1.82, 2.24) is 14.4 Å². The monoisotopic (exact) mass is 398 g/mol. The van der Waals surface area contributed by atoms with Gasteiger partial charge in [-0.2, -0.15) is 0 Å². The summed E-state index contributed by atoms with van der Waals surface area (Å²) in [5.74, 6) is -0.400. The average molecular weight is 398 g/mol. The molecule has 1 saturated heterocycles. The molecule has 3 aromatic rings. The van der Waals surface area contributed by atoms with Gasteiger partial charge in [-0.05, 0) is 25.0 Å². The highest BCUT2D eigenvalue weighted by molar-refractivity contribution is 7.14. The highest BCUT2D eigenvalue weighted by Gasteiger charge is 2.24. The third-order valence-electron chi connectivity index (χ3n) is 4.41. The second-order valence-corrected chi connectivity index (χ2v) is 7.46. The fourth-order valence-electron chi connectivity index (χ4n) is 3.04. The number of hydrogen-bond acceptors (Lipinski definition) is 7. The van der Waals surface area contributed by atoms with Crippen LogP contribution in [0.3, 0.4) is 0 Å². The zero-order valence-corrected chi connectivity index (χ0v) is 16.1. The van der Waals surface area contributed by atoms with E-state index in [-0.39, 0.29) is 24.5 Å². The lowest BCUT2D eigenvalue weighted by Crippen LogP contribution is -2.23. The van der Waals surface area contributed by atoms with E-state index in [1.807, 2.05) is 13.0 Å². The van der Waals surface area contributed by atoms with Crippen LogP contribution in [-0.4, -0.2) is 32.8 Å². The number of thiazole rings is 1. The molecule has 0 atom stereocenters. The fourth-order valence-corrected chi connectivity index (χ4v) is 3.91. The number of nitrogens with zero attached hydrogens (tertiary/aromatic N) is 4. The summed E-state index contributed by atoms with van der Waals surface area (Å²) in [5, 5.41) is 2.37. The van der Waals surface area contributed by atoms with Gasteiger partial charge in [-0.25, -0.2) is 9.97 Å². The van der Waals surface area contributed by atoms with Crippen molar-refractivity contribution in [3.05, 3.63) is 57.1 Å². The lowest BCUT2D eigenvalue weighted by atomic mass is 10.3. The first kappa shape index (κ1) is 18.3. The molecular weight excluding hydrogens is 380 g/mol. The number of aromatic nitrogens is 3. The Labute approximate surface area is 164 Å². The van der Waals surface area contributed by atoms with Gasteiger partial charge < -0.3 is 4.74 Å². The van der Waals surface area contributed by atoms with E-state index in [2.05, 4.69) is 9.97 Å². The minimum absolute atomic E-state index is 0.00425. The van der Waals surface area contributed by atoms with Crippen LogP contribution in [0.5, 0.6) is 0 Å². The van der Waals surface area contributed by atoms with Crippen LogP contribution in [0.4, 0.5) is 5.13 Å². The molecule has 0 aliphatic carbocycles. The summed E-state index contributed by atoms with van der Waals surface area (Å²) < 4.78 is 6.71. The Morgan fingerprint density at radius 1 is 1.25 bits per heavy atom. The van der Waals surface area contributed by atoms with Crippen LogP contribution < -0.4 is 10.5 Å². The smallest absolute Gasteiger partial charge is 0.312 e. The van der Waals surface area contributed by atoms with Crippen LogP contribution in [-0.2, 0) is 27.4 Å². The molecule has 1 amide bonds. The third kappa shape index (κ3) is 3.79. The van der Waals surface area contributed by atoms with Gasteiger partial charge in [0.05, 0.1) is 17.8 Å². The molecule has 28 heavy (non-hydrogen) atoms. The SMILES string of the molecule is Cc1ccc2nc(COC(=O)Cc3csc(N4CCCC4=O)n3)cc(=O)n2c1. The Morgan fingerprint density at radius 2 is 2.11 bits per heavy atom. The Hall–Kier alpha value is -3.07. The van der Waals surface area contributed by atoms with Gasteiger partial charge in [0.15, 0.2) is 5.13 Å². The lowest BCUT2D eigenvalue weighted by Gasteiger charge is -2.10. The molecule has 4 heterocycles. The number of hydrogen-bond donors (Lipinski definition) is 0. The van der Waals surface area contributed by atoms with Crippen LogP contribution >= 0.6 is 11.3 Å². The van der Waals surface area contributed by atoms with E-state index in [1.165, 1.54) is 21.8 Å². The molecule has 1 aliphatic heterocycles. The number of rotatable bonds is 5. The molecule has 4 rings (SSSR count). The topological polar surface area (TPSA) is 93.9 Å². The number of aryl methyl sites for hydroxylation is 1. The summed E-state index contributed by atoms with van der Waals surface area (Å²) in [5.41, 5.74) is 2.19. The highest BCUT2D eigenvalue weighted by atomic mass is 32.1. The maximum absolute atomic E-state index is 12.2. The highest BCUT2D eigenvalue weighted by Crippen LogP contribution is 2.25. The molecule has 0 radical (unpaired) electrons.